The summed E-state index contributed by atoms with van der Waals surface area (Å²) in [5.41, 5.74) is 0. The third kappa shape index (κ3) is 6.70. The van der Waals surface area contributed by atoms with Crippen molar-refractivity contribution in [3.05, 3.63) is 0 Å². The summed E-state index contributed by atoms with van der Waals surface area (Å²) in [6.07, 6.45) is 3.18. The molecule has 1 saturated heterocycles. The van der Waals surface area contributed by atoms with Crippen molar-refractivity contribution in [1.82, 2.24) is 10.2 Å². The topological polar surface area (TPSA) is 92.8 Å². The Morgan fingerprint density at radius 1 is 1.39 bits per heavy atom. The van der Waals surface area contributed by atoms with E-state index in [4.69, 9.17) is 6.11 Å². The van der Waals surface area contributed by atoms with Crippen LogP contribution in [-0.4, -0.2) is 66.2 Å². The quantitative estimate of drug-likeness (QED) is 0.430. The molecule has 23 heavy (non-hydrogen) atoms. The van der Waals surface area contributed by atoms with E-state index in [1.807, 2.05) is 0 Å². The van der Waals surface area contributed by atoms with Gasteiger partial charge in [0.2, 0.25) is 17.7 Å². The van der Waals surface area contributed by atoms with E-state index in [0.29, 0.717) is 19.3 Å². The summed E-state index contributed by atoms with van der Waals surface area (Å²) < 4.78 is 12.2. The molecule has 0 saturated carbocycles. The van der Waals surface area contributed by atoms with Gasteiger partial charge in [0.05, 0.1) is 18.5 Å². The lowest BCUT2D eigenvalue weighted by molar-refractivity contribution is -0.142. The van der Waals surface area contributed by atoms with Crippen LogP contribution in [0.25, 0.3) is 0 Å². The number of likely N-dealkylation sites (tertiary alicyclic amines) is 1. The first-order chi connectivity index (χ1) is 11.5. The Hall–Kier alpha value is -1.41. The van der Waals surface area contributed by atoms with Gasteiger partial charge in [-0.15, -0.1) is 0 Å². The van der Waals surface area contributed by atoms with E-state index in [-0.39, 0.29) is 62.5 Å². The van der Waals surface area contributed by atoms with Crippen LogP contribution in [0.4, 0.5) is 0 Å². The number of ether oxygens (including phenoxy) is 1. The molecule has 130 valence electrons. The monoisotopic (exact) mass is 345 g/mol. The fourth-order valence-corrected chi connectivity index (χ4v) is 2.71. The molecule has 1 N–H and O–H groups in total. The summed E-state index contributed by atoms with van der Waals surface area (Å²) in [5.74, 6) is -0.976. The molecule has 0 aromatic carbocycles. The van der Waals surface area contributed by atoms with Gasteiger partial charge >= 0.3 is 0 Å². The molecule has 8 heteroatoms. The lowest BCUT2D eigenvalue weighted by Gasteiger charge is -2.14. The van der Waals surface area contributed by atoms with Gasteiger partial charge in [-0.2, -0.15) is 11.8 Å². The number of carbonyl (C=O) groups is 4. The number of hydrogen-bond acceptors (Lipinski definition) is 6. The zero-order valence-electron chi connectivity index (χ0n) is 14.3. The van der Waals surface area contributed by atoms with Crippen LogP contribution in [0.15, 0.2) is 0 Å². The number of hydrogen-bond donors (Lipinski definition) is 1. The Labute approximate surface area is 141 Å². The number of Topliss-reactive ketones (excluding diaryl/α,β-unsaturated/α-hetero) is 1. The molecule has 1 aliphatic rings. The predicted molar refractivity (Wildman–Crippen MR) is 87.0 cm³/mol. The van der Waals surface area contributed by atoms with Gasteiger partial charge in [0.15, 0.2) is 0 Å². The summed E-state index contributed by atoms with van der Waals surface area (Å²) >= 11 is 1.31. The zero-order valence-corrected chi connectivity index (χ0v) is 14.2. The van der Waals surface area contributed by atoms with Crippen molar-refractivity contribution in [3.63, 3.8) is 0 Å². The number of carbonyl (C=O) groups excluding carboxylic acids is 4. The summed E-state index contributed by atoms with van der Waals surface area (Å²) in [6.45, 7) is 0.776. The molecule has 0 aromatic heterocycles. The first-order valence-electron chi connectivity index (χ1n) is 8.22. The number of thioether (sulfide) groups is 1. The molecule has 7 nitrogen and oxygen atoms in total. The van der Waals surface area contributed by atoms with Gasteiger partial charge in [0, 0.05) is 27.2 Å². The molecule has 3 amide bonds. The second kappa shape index (κ2) is 10.4. The molecule has 1 rings (SSSR count). The Morgan fingerprint density at radius 2 is 2.17 bits per heavy atom. The van der Waals surface area contributed by atoms with E-state index in [1.165, 1.54) is 11.8 Å². The fraction of sp³-hybridized carbons (Fsp3) is 0.733. The predicted octanol–water partition coefficient (Wildman–Crippen LogP) is 0.369. The van der Waals surface area contributed by atoms with Gasteiger partial charge < -0.3 is 10.1 Å². The molecule has 0 spiro atoms. The second-order valence-corrected chi connectivity index (χ2v) is 6.14. The largest absolute Gasteiger partial charge is 0.379 e. The van der Waals surface area contributed by atoms with Crippen molar-refractivity contribution in [2.45, 2.75) is 37.8 Å². The summed E-state index contributed by atoms with van der Waals surface area (Å²) in [4.78, 5) is 47.6. The number of amides is 3. The van der Waals surface area contributed by atoms with E-state index in [0.717, 1.165) is 4.90 Å². The molecule has 0 aromatic rings. The van der Waals surface area contributed by atoms with E-state index >= 15 is 0 Å². The van der Waals surface area contributed by atoms with Crippen LogP contribution >= 0.6 is 11.8 Å². The van der Waals surface area contributed by atoms with Gasteiger partial charge in [-0.05, 0) is 12.7 Å². The maximum Gasteiger partial charge on any atom is 0.243 e. The van der Waals surface area contributed by atoms with Gasteiger partial charge in [-0.25, -0.2) is 0 Å². The van der Waals surface area contributed by atoms with E-state index in [1.54, 1.807) is 6.26 Å². The maximum atomic E-state index is 11.9. The molecule has 0 aliphatic carbocycles. The summed E-state index contributed by atoms with van der Waals surface area (Å²) in [6, 6.07) is 0. The van der Waals surface area contributed by atoms with Crippen LogP contribution in [0, 0.1) is 0 Å². The summed E-state index contributed by atoms with van der Waals surface area (Å²) in [5, 5.41) is 2.19. The lowest BCUT2D eigenvalue weighted by Crippen LogP contribution is -2.41. The fourth-order valence-electron chi connectivity index (χ4n) is 2.08. The smallest absolute Gasteiger partial charge is 0.243 e. The van der Waals surface area contributed by atoms with Gasteiger partial charge in [-0.1, -0.05) is 6.90 Å². The Balaban J connectivity index is 2.11. The third-order valence-corrected chi connectivity index (χ3v) is 4.28. The lowest BCUT2D eigenvalue weighted by atomic mass is 10.2. The highest BCUT2D eigenvalue weighted by molar-refractivity contribution is 8.00. The number of rotatable bonds is 11. The first-order valence-corrected chi connectivity index (χ1v) is 8.80. The molecule has 1 atom stereocenters. The molecular weight excluding hydrogens is 320 g/mol. The first kappa shape index (κ1) is 17.9. The second-order valence-electron chi connectivity index (χ2n) is 5.10. The minimum Gasteiger partial charge on any atom is -0.379 e. The molecular formula is C15H24N2O5S. The van der Waals surface area contributed by atoms with Gasteiger partial charge in [-0.3, -0.25) is 24.1 Å². The summed E-state index contributed by atoms with van der Waals surface area (Å²) in [7, 11) is 0. The normalized spacial score (nSPS) is 18.2. The minimum atomic E-state index is -0.409. The average molecular weight is 345 g/mol. The van der Waals surface area contributed by atoms with E-state index in [2.05, 4.69) is 5.32 Å². The van der Waals surface area contributed by atoms with Crippen LogP contribution in [-0.2, 0) is 23.9 Å². The highest BCUT2D eigenvalue weighted by Gasteiger charge is 2.38. The van der Waals surface area contributed by atoms with Crippen molar-refractivity contribution in [3.8, 4) is 0 Å². The van der Waals surface area contributed by atoms with Crippen LogP contribution in [0.1, 0.15) is 34.0 Å². The molecule has 1 fully saturated rings. The van der Waals surface area contributed by atoms with Crippen molar-refractivity contribution < 1.29 is 25.3 Å². The average Bonchev–Trinajstić information content (AvgIpc) is 2.83. The Morgan fingerprint density at radius 3 is 2.83 bits per heavy atom. The highest BCUT2D eigenvalue weighted by Crippen LogP contribution is 2.22. The van der Waals surface area contributed by atoms with Crippen molar-refractivity contribution in [2.24, 2.45) is 0 Å². The number of nitrogens with zero attached hydrogens (tertiary/aromatic N) is 1. The zero-order chi connectivity index (χ0) is 17.9. The maximum absolute atomic E-state index is 11.9. The number of imide groups is 1. The third-order valence-electron chi connectivity index (χ3n) is 3.34. The van der Waals surface area contributed by atoms with Crippen molar-refractivity contribution in [2.75, 3.05) is 32.6 Å². The molecule has 1 aliphatic heterocycles. The number of nitrogens with one attached hydrogen (secondary N) is 1. The Kier molecular flexibility index (Phi) is 8.10. The minimum absolute atomic E-state index is 0.0701. The van der Waals surface area contributed by atoms with Crippen molar-refractivity contribution in [1.29, 1.82) is 0 Å². The molecule has 0 bridgehead atoms. The molecule has 1 unspecified atom stereocenters. The van der Waals surface area contributed by atoms with Crippen LogP contribution in [0.3, 0.4) is 0 Å². The van der Waals surface area contributed by atoms with Gasteiger partial charge in [0.1, 0.15) is 12.3 Å². The van der Waals surface area contributed by atoms with Crippen LogP contribution in [0.2, 0.25) is 0 Å². The standard InChI is InChI=1S/C15H24N2O5S/c1-3-4-11(18)5-7-22-8-6-16-13(19)10-17-14(20)9-12(23-2)15(17)21/h12H,3-10H2,1-2H3,(H,16,19)/i1D. The highest BCUT2D eigenvalue weighted by atomic mass is 32.2. The Bertz CT molecular complexity index is 475. The van der Waals surface area contributed by atoms with Crippen molar-refractivity contribution >= 4 is 35.3 Å². The van der Waals surface area contributed by atoms with E-state index < -0.39 is 5.91 Å². The van der Waals surface area contributed by atoms with Crippen LogP contribution in [0.5, 0.6) is 0 Å². The SMILES string of the molecule is [2H]CCCC(=O)CCOCCNC(=O)CN1C(=O)CC(SC)C1=O. The molecule has 0 radical (unpaired) electrons. The van der Waals surface area contributed by atoms with E-state index in [9.17, 15) is 19.2 Å². The number of ketones is 1. The molecule has 1 heterocycles. The van der Waals surface area contributed by atoms with Crippen LogP contribution < -0.4 is 5.32 Å². The van der Waals surface area contributed by atoms with Gasteiger partial charge in [0.25, 0.3) is 0 Å².